The van der Waals surface area contributed by atoms with Gasteiger partial charge in [0, 0.05) is 41.4 Å². The number of hydrogen-bond acceptors (Lipinski definition) is 4. The molecule has 0 N–H and O–H groups in total. The summed E-state index contributed by atoms with van der Waals surface area (Å²) in [4.78, 5) is 18.5. The number of carbonyl (C=O) groups excluding carboxylic acids is 1. The quantitative estimate of drug-likeness (QED) is 0.354. The van der Waals surface area contributed by atoms with Crippen molar-refractivity contribution in [3.05, 3.63) is 101 Å². The minimum Gasteiger partial charge on any atom is -0.489 e. The zero-order valence-electron chi connectivity index (χ0n) is 16.9. The van der Waals surface area contributed by atoms with E-state index < -0.39 is 17.5 Å². The largest absolute Gasteiger partial charge is 0.489 e. The number of para-hydroxylation sites is 1. The number of amides is 1. The monoisotopic (exact) mass is 454 g/mol. The minimum atomic E-state index is -0.734. The molecule has 0 spiro atoms. The van der Waals surface area contributed by atoms with Crippen LogP contribution in [0, 0.1) is 17.5 Å². The van der Waals surface area contributed by atoms with Gasteiger partial charge >= 0.3 is 0 Å². The van der Waals surface area contributed by atoms with Crippen molar-refractivity contribution in [2.24, 2.45) is 0 Å². The maximum Gasteiger partial charge on any atom is 0.277 e. The topological polar surface area (TPSA) is 42.4 Å². The van der Waals surface area contributed by atoms with Gasteiger partial charge in [-0.2, -0.15) is 0 Å². The highest BCUT2D eigenvalue weighted by molar-refractivity contribution is 7.13. The predicted molar refractivity (Wildman–Crippen MR) is 117 cm³/mol. The first-order valence-electron chi connectivity index (χ1n) is 9.57. The number of ether oxygens (including phenoxy) is 1. The number of carbonyl (C=O) groups is 1. The van der Waals surface area contributed by atoms with Gasteiger partial charge in [0.15, 0.2) is 0 Å². The van der Waals surface area contributed by atoms with E-state index in [1.54, 1.807) is 24.6 Å². The highest BCUT2D eigenvalue weighted by Crippen LogP contribution is 2.30. The minimum absolute atomic E-state index is 0.154. The van der Waals surface area contributed by atoms with Crippen LogP contribution in [-0.4, -0.2) is 17.9 Å². The van der Waals surface area contributed by atoms with Gasteiger partial charge in [-0.25, -0.2) is 18.2 Å². The second-order valence-electron chi connectivity index (χ2n) is 6.90. The number of aromatic nitrogens is 1. The summed E-state index contributed by atoms with van der Waals surface area (Å²) in [6.45, 7) is -0.174. The Morgan fingerprint density at radius 1 is 1.00 bits per heavy atom. The molecule has 4 aromatic rings. The third-order valence-electron chi connectivity index (χ3n) is 4.75. The van der Waals surface area contributed by atoms with Gasteiger partial charge in [-0.1, -0.05) is 18.2 Å². The van der Waals surface area contributed by atoms with Crippen LogP contribution in [0.5, 0.6) is 5.75 Å². The molecule has 4 rings (SSSR count). The summed E-state index contributed by atoms with van der Waals surface area (Å²) in [5, 5.41) is 1.93. The highest BCUT2D eigenvalue weighted by atomic mass is 32.1. The first-order chi connectivity index (χ1) is 15.4. The van der Waals surface area contributed by atoms with Crippen molar-refractivity contribution < 1.29 is 22.7 Å². The molecule has 0 aliphatic rings. The summed E-state index contributed by atoms with van der Waals surface area (Å²) < 4.78 is 46.8. The van der Waals surface area contributed by atoms with Gasteiger partial charge in [0.2, 0.25) is 0 Å². The fraction of sp³-hybridized carbons (Fsp3) is 0.0833. The molecule has 1 heterocycles. The third kappa shape index (κ3) is 4.65. The Balaban J connectivity index is 1.48. The van der Waals surface area contributed by atoms with Gasteiger partial charge in [0.05, 0.1) is 0 Å². The first-order valence-corrected chi connectivity index (χ1v) is 10.5. The first kappa shape index (κ1) is 21.6. The van der Waals surface area contributed by atoms with Crippen LogP contribution in [0.25, 0.3) is 10.6 Å². The molecule has 0 unspecified atom stereocenters. The second kappa shape index (κ2) is 9.23. The smallest absolute Gasteiger partial charge is 0.277 e. The normalized spacial score (nSPS) is 10.8. The maximum atomic E-state index is 14.7. The Hall–Kier alpha value is -3.65. The lowest BCUT2D eigenvalue weighted by Crippen LogP contribution is -2.26. The average Bonchev–Trinajstić information content (AvgIpc) is 3.28. The molecule has 0 aliphatic carbocycles. The standard InChI is InChI=1S/C24H17F3N2O2S/c1-29(17-5-3-2-4-6-17)24(30)22-14-32-23(28-22)19-10-9-18(12-21(19)27)31-13-15-7-8-16(25)11-20(15)26/h2-12,14H,13H2,1H3. The Kier molecular flexibility index (Phi) is 6.23. The lowest BCUT2D eigenvalue weighted by atomic mass is 10.2. The molecule has 0 bridgehead atoms. The fourth-order valence-corrected chi connectivity index (χ4v) is 3.82. The molecule has 0 aliphatic heterocycles. The van der Waals surface area contributed by atoms with Crippen molar-refractivity contribution in [1.29, 1.82) is 0 Å². The predicted octanol–water partition coefficient (Wildman–Crippen LogP) is 6.08. The molecule has 1 amide bonds. The van der Waals surface area contributed by atoms with Gasteiger partial charge in [-0.15, -0.1) is 11.3 Å². The van der Waals surface area contributed by atoms with Crippen LogP contribution in [0.3, 0.4) is 0 Å². The van der Waals surface area contributed by atoms with Crippen molar-refractivity contribution in [3.8, 4) is 16.3 Å². The molecule has 0 saturated heterocycles. The van der Waals surface area contributed by atoms with Crippen molar-refractivity contribution in [1.82, 2.24) is 4.98 Å². The summed E-state index contributed by atoms with van der Waals surface area (Å²) in [5.41, 5.74) is 1.30. The molecule has 3 aromatic carbocycles. The molecular formula is C24H17F3N2O2S. The van der Waals surface area contributed by atoms with E-state index in [0.29, 0.717) is 5.01 Å². The van der Waals surface area contributed by atoms with Gasteiger partial charge in [-0.3, -0.25) is 4.79 Å². The molecule has 32 heavy (non-hydrogen) atoms. The Morgan fingerprint density at radius 2 is 1.78 bits per heavy atom. The second-order valence-corrected chi connectivity index (χ2v) is 7.76. The molecular weight excluding hydrogens is 437 g/mol. The molecule has 0 radical (unpaired) electrons. The summed E-state index contributed by atoms with van der Waals surface area (Å²) in [5.74, 6) is -2.13. The van der Waals surface area contributed by atoms with Crippen LogP contribution in [0.1, 0.15) is 16.1 Å². The van der Waals surface area contributed by atoms with Gasteiger partial charge in [0.25, 0.3) is 5.91 Å². The van der Waals surface area contributed by atoms with Crippen LogP contribution in [0.4, 0.5) is 18.9 Å². The lowest BCUT2D eigenvalue weighted by Gasteiger charge is -2.15. The molecule has 0 atom stereocenters. The number of hydrogen-bond donors (Lipinski definition) is 0. The molecule has 4 nitrogen and oxygen atoms in total. The van der Waals surface area contributed by atoms with Gasteiger partial charge in [-0.05, 0) is 36.4 Å². The summed E-state index contributed by atoms with van der Waals surface area (Å²) in [6, 6.07) is 16.5. The van der Waals surface area contributed by atoms with E-state index in [2.05, 4.69) is 4.98 Å². The van der Waals surface area contributed by atoms with Gasteiger partial charge in [0.1, 0.15) is 40.5 Å². The number of nitrogens with zero attached hydrogens (tertiary/aromatic N) is 2. The Morgan fingerprint density at radius 3 is 2.50 bits per heavy atom. The van der Waals surface area contributed by atoms with Crippen molar-refractivity contribution >= 4 is 22.9 Å². The van der Waals surface area contributed by atoms with Crippen LogP contribution in [-0.2, 0) is 6.61 Å². The number of thiazole rings is 1. The molecule has 1 aromatic heterocycles. The van der Waals surface area contributed by atoms with E-state index in [1.165, 1.54) is 23.1 Å². The van der Waals surface area contributed by atoms with Crippen molar-refractivity contribution in [2.45, 2.75) is 6.61 Å². The molecule has 0 fully saturated rings. The maximum absolute atomic E-state index is 14.7. The summed E-state index contributed by atoms with van der Waals surface area (Å²) >= 11 is 1.15. The van der Waals surface area contributed by atoms with Crippen LogP contribution < -0.4 is 9.64 Å². The van der Waals surface area contributed by atoms with Gasteiger partial charge < -0.3 is 9.64 Å². The molecule has 162 valence electrons. The highest BCUT2D eigenvalue weighted by Gasteiger charge is 2.19. The zero-order valence-corrected chi connectivity index (χ0v) is 17.7. The van der Waals surface area contributed by atoms with Crippen molar-refractivity contribution in [2.75, 3.05) is 11.9 Å². The van der Waals surface area contributed by atoms with E-state index in [9.17, 15) is 18.0 Å². The summed E-state index contributed by atoms with van der Waals surface area (Å²) in [7, 11) is 1.65. The van der Waals surface area contributed by atoms with E-state index in [1.807, 2.05) is 18.2 Å². The lowest BCUT2D eigenvalue weighted by molar-refractivity contribution is 0.0989. The number of benzene rings is 3. The van der Waals surface area contributed by atoms with E-state index in [0.717, 1.165) is 35.2 Å². The van der Waals surface area contributed by atoms with Crippen LogP contribution >= 0.6 is 11.3 Å². The van der Waals surface area contributed by atoms with E-state index >= 15 is 0 Å². The number of halogens is 3. The fourth-order valence-electron chi connectivity index (χ4n) is 3.00. The van der Waals surface area contributed by atoms with E-state index in [4.69, 9.17) is 4.74 Å². The third-order valence-corrected chi connectivity index (χ3v) is 5.63. The molecule has 8 heteroatoms. The SMILES string of the molecule is CN(C(=O)c1csc(-c2ccc(OCc3ccc(F)cc3F)cc2F)n1)c1ccccc1. The summed E-state index contributed by atoms with van der Waals surface area (Å²) in [6.07, 6.45) is 0. The van der Waals surface area contributed by atoms with Crippen LogP contribution in [0.15, 0.2) is 72.1 Å². The van der Waals surface area contributed by atoms with E-state index in [-0.39, 0.29) is 35.1 Å². The number of anilines is 1. The Labute approximate surface area is 186 Å². The Bertz CT molecular complexity index is 1260. The van der Waals surface area contributed by atoms with Crippen LogP contribution in [0.2, 0.25) is 0 Å². The average molecular weight is 454 g/mol. The number of rotatable bonds is 6. The van der Waals surface area contributed by atoms with Crippen molar-refractivity contribution in [3.63, 3.8) is 0 Å². The zero-order chi connectivity index (χ0) is 22.7. The molecule has 0 saturated carbocycles.